The molecule has 0 radical (unpaired) electrons. The summed E-state index contributed by atoms with van der Waals surface area (Å²) in [5, 5.41) is 3.37. The third-order valence-corrected chi connectivity index (χ3v) is 6.45. The Morgan fingerprint density at radius 3 is 2.56 bits per heavy atom. The molecule has 0 aliphatic heterocycles. The molecular weight excluding hydrogens is 422 g/mol. The Kier molecular flexibility index (Phi) is 6.01. The van der Waals surface area contributed by atoms with Gasteiger partial charge in [0.05, 0.1) is 11.7 Å². The Balaban J connectivity index is 1.75. The topological polar surface area (TPSA) is 81.1 Å². The van der Waals surface area contributed by atoms with Crippen molar-refractivity contribution in [3.8, 4) is 11.1 Å². The number of carbonyl (C=O) groups excluding carboxylic acids is 2. The molecule has 2 aromatic carbocycles. The van der Waals surface area contributed by atoms with Crippen molar-refractivity contribution in [1.29, 1.82) is 0 Å². The molecule has 2 heterocycles. The second-order valence-corrected chi connectivity index (χ2v) is 8.79. The number of hydrogen-bond donors (Lipinski definition) is 1. The number of anilines is 1. The van der Waals surface area contributed by atoms with E-state index >= 15 is 0 Å². The van der Waals surface area contributed by atoms with Crippen molar-refractivity contribution < 1.29 is 9.59 Å². The molecule has 0 fully saturated rings. The van der Waals surface area contributed by atoms with Gasteiger partial charge in [-0.1, -0.05) is 49.4 Å². The fourth-order valence-electron chi connectivity index (χ4n) is 3.84. The lowest BCUT2D eigenvalue weighted by Gasteiger charge is -2.18. The number of nitrogens with zero attached hydrogens (tertiary/aromatic N) is 2. The minimum absolute atomic E-state index is 0.0831. The van der Waals surface area contributed by atoms with Gasteiger partial charge in [0, 0.05) is 21.7 Å². The highest BCUT2D eigenvalue weighted by Crippen LogP contribution is 2.35. The predicted octanol–water partition coefficient (Wildman–Crippen LogP) is 5.23. The van der Waals surface area contributed by atoms with Gasteiger partial charge in [0.15, 0.2) is 5.78 Å². The van der Waals surface area contributed by atoms with Gasteiger partial charge in [-0.3, -0.25) is 19.0 Å². The molecule has 1 N–H and O–H groups in total. The van der Waals surface area contributed by atoms with Crippen molar-refractivity contribution in [1.82, 2.24) is 9.55 Å². The lowest BCUT2D eigenvalue weighted by molar-refractivity contribution is -0.119. The zero-order chi connectivity index (χ0) is 22.8. The largest absolute Gasteiger partial charge is 0.324 e. The number of amides is 1. The zero-order valence-electron chi connectivity index (χ0n) is 18.1. The van der Waals surface area contributed by atoms with Gasteiger partial charge in [-0.05, 0) is 38.0 Å². The van der Waals surface area contributed by atoms with Gasteiger partial charge in [0.2, 0.25) is 5.91 Å². The summed E-state index contributed by atoms with van der Waals surface area (Å²) in [5.74, 6) is -0.412. The van der Waals surface area contributed by atoms with Gasteiger partial charge in [0.1, 0.15) is 10.9 Å². The van der Waals surface area contributed by atoms with E-state index in [9.17, 15) is 14.4 Å². The van der Waals surface area contributed by atoms with Crippen molar-refractivity contribution in [2.45, 2.75) is 33.2 Å². The van der Waals surface area contributed by atoms with Crippen molar-refractivity contribution >= 4 is 38.9 Å². The average Bonchev–Trinajstić information content (AvgIpc) is 3.13. The molecule has 32 heavy (non-hydrogen) atoms. The molecule has 0 aliphatic carbocycles. The van der Waals surface area contributed by atoms with Crippen LogP contribution in [0.5, 0.6) is 0 Å². The third kappa shape index (κ3) is 3.99. The Morgan fingerprint density at radius 2 is 1.88 bits per heavy atom. The molecule has 0 bridgehead atoms. The maximum absolute atomic E-state index is 13.5. The van der Waals surface area contributed by atoms with E-state index in [0.29, 0.717) is 27.9 Å². The number of rotatable bonds is 6. The van der Waals surface area contributed by atoms with Crippen LogP contribution in [0.1, 0.15) is 41.5 Å². The van der Waals surface area contributed by atoms with E-state index in [1.165, 1.54) is 29.2 Å². The van der Waals surface area contributed by atoms with Crippen LogP contribution in [0.25, 0.3) is 21.3 Å². The maximum atomic E-state index is 13.5. The van der Waals surface area contributed by atoms with Gasteiger partial charge in [-0.15, -0.1) is 11.3 Å². The van der Waals surface area contributed by atoms with Crippen molar-refractivity contribution in [2.24, 2.45) is 0 Å². The first-order valence-electron chi connectivity index (χ1n) is 10.4. The summed E-state index contributed by atoms with van der Waals surface area (Å²) >= 11 is 1.47. The summed E-state index contributed by atoms with van der Waals surface area (Å²) in [6.07, 6.45) is 1.87. The average molecular weight is 446 g/mol. The molecule has 0 aliphatic rings. The minimum Gasteiger partial charge on any atom is -0.324 e. The molecule has 1 atom stereocenters. The zero-order valence-corrected chi connectivity index (χ0v) is 18.9. The van der Waals surface area contributed by atoms with Gasteiger partial charge in [-0.25, -0.2) is 4.98 Å². The van der Waals surface area contributed by atoms with Gasteiger partial charge < -0.3 is 5.32 Å². The molecule has 2 aromatic heterocycles. The standard InChI is InChI=1S/C25H23N3O3S/c1-4-20(23(30)27-19-12-8-11-18(13-19)15(2)29)28-14-26-24-22(25(28)31)21(16(3)32-24)17-9-6-5-7-10-17/h5-14,20H,4H2,1-3H3,(H,27,30). The van der Waals surface area contributed by atoms with Crippen LogP contribution in [0, 0.1) is 6.92 Å². The van der Waals surface area contributed by atoms with E-state index in [-0.39, 0.29) is 17.2 Å². The Bertz CT molecular complexity index is 1370. The summed E-state index contributed by atoms with van der Waals surface area (Å²) < 4.78 is 1.41. The SMILES string of the molecule is CCC(C(=O)Nc1cccc(C(C)=O)c1)n1cnc2sc(C)c(-c3ccccc3)c2c1=O. The molecule has 1 unspecified atom stereocenters. The molecule has 162 valence electrons. The first-order chi connectivity index (χ1) is 15.4. The summed E-state index contributed by atoms with van der Waals surface area (Å²) in [5.41, 5.74) is 2.60. The number of aromatic nitrogens is 2. The van der Waals surface area contributed by atoms with Crippen LogP contribution in [-0.4, -0.2) is 21.2 Å². The van der Waals surface area contributed by atoms with Crippen LogP contribution in [0.15, 0.2) is 65.7 Å². The van der Waals surface area contributed by atoms with Crippen LogP contribution >= 0.6 is 11.3 Å². The van der Waals surface area contributed by atoms with Gasteiger partial charge in [-0.2, -0.15) is 0 Å². The fourth-order valence-corrected chi connectivity index (χ4v) is 4.84. The molecule has 1 amide bonds. The first-order valence-corrected chi connectivity index (χ1v) is 11.2. The third-order valence-electron chi connectivity index (χ3n) is 5.44. The molecule has 7 heteroatoms. The minimum atomic E-state index is -0.732. The van der Waals surface area contributed by atoms with Crippen LogP contribution in [-0.2, 0) is 4.79 Å². The first kappa shape index (κ1) is 21.6. The maximum Gasteiger partial charge on any atom is 0.263 e. The molecule has 4 rings (SSSR count). The van der Waals surface area contributed by atoms with Crippen LogP contribution in [0.2, 0.25) is 0 Å². The van der Waals surface area contributed by atoms with E-state index in [4.69, 9.17) is 0 Å². The highest BCUT2D eigenvalue weighted by Gasteiger charge is 2.24. The van der Waals surface area contributed by atoms with Crippen molar-refractivity contribution in [3.63, 3.8) is 0 Å². The normalized spacial score (nSPS) is 12.0. The van der Waals surface area contributed by atoms with E-state index in [0.717, 1.165) is 16.0 Å². The lowest BCUT2D eigenvalue weighted by atomic mass is 10.0. The number of benzene rings is 2. The van der Waals surface area contributed by atoms with Crippen LogP contribution in [0.4, 0.5) is 5.69 Å². The smallest absolute Gasteiger partial charge is 0.263 e. The second kappa shape index (κ2) is 8.88. The number of carbonyl (C=O) groups is 2. The predicted molar refractivity (Wildman–Crippen MR) is 128 cm³/mol. The second-order valence-electron chi connectivity index (χ2n) is 7.59. The number of fused-ring (bicyclic) bond motifs is 1. The van der Waals surface area contributed by atoms with Gasteiger partial charge in [0.25, 0.3) is 5.56 Å². The molecule has 6 nitrogen and oxygen atoms in total. The quantitative estimate of drug-likeness (QED) is 0.412. The monoisotopic (exact) mass is 445 g/mol. The van der Waals surface area contributed by atoms with Crippen molar-refractivity contribution in [2.75, 3.05) is 5.32 Å². The molecular formula is C25H23N3O3S. The fraction of sp³-hybridized carbons (Fsp3) is 0.200. The summed E-state index contributed by atoms with van der Waals surface area (Å²) in [4.78, 5) is 44.5. The highest BCUT2D eigenvalue weighted by molar-refractivity contribution is 7.19. The van der Waals surface area contributed by atoms with E-state index in [1.807, 2.05) is 44.2 Å². The molecule has 0 saturated heterocycles. The molecule has 0 spiro atoms. The number of ketones is 1. The summed E-state index contributed by atoms with van der Waals surface area (Å²) in [6.45, 7) is 5.30. The van der Waals surface area contributed by atoms with Crippen molar-refractivity contribution in [3.05, 3.63) is 81.7 Å². The number of Topliss-reactive ketones (excluding diaryl/α,β-unsaturated/α-hetero) is 1. The molecule has 0 saturated carbocycles. The summed E-state index contributed by atoms with van der Waals surface area (Å²) in [7, 11) is 0. The highest BCUT2D eigenvalue weighted by atomic mass is 32.1. The number of aryl methyl sites for hydroxylation is 1. The lowest BCUT2D eigenvalue weighted by Crippen LogP contribution is -2.33. The Hall–Kier alpha value is -3.58. The Morgan fingerprint density at radius 1 is 1.12 bits per heavy atom. The number of hydrogen-bond acceptors (Lipinski definition) is 5. The van der Waals surface area contributed by atoms with Crippen LogP contribution < -0.4 is 10.9 Å². The summed E-state index contributed by atoms with van der Waals surface area (Å²) in [6, 6.07) is 15.8. The van der Waals surface area contributed by atoms with E-state index in [1.54, 1.807) is 24.3 Å². The molecule has 4 aromatic rings. The van der Waals surface area contributed by atoms with Gasteiger partial charge >= 0.3 is 0 Å². The van der Waals surface area contributed by atoms with Crippen LogP contribution in [0.3, 0.4) is 0 Å². The van der Waals surface area contributed by atoms with E-state index in [2.05, 4.69) is 10.3 Å². The number of nitrogens with one attached hydrogen (secondary N) is 1. The number of thiophene rings is 1. The Labute approximate surface area is 189 Å². The van der Waals surface area contributed by atoms with E-state index < -0.39 is 6.04 Å².